The van der Waals surface area contributed by atoms with E-state index in [4.69, 9.17) is 16.3 Å². The number of aromatic amines is 2. The third kappa shape index (κ3) is 6.96. The van der Waals surface area contributed by atoms with Gasteiger partial charge < -0.3 is 30.6 Å². The molecule has 2 atom stereocenters. The molecule has 5 aromatic rings. The second-order valence-electron chi connectivity index (χ2n) is 14.3. The van der Waals surface area contributed by atoms with Crippen molar-refractivity contribution < 1.29 is 23.4 Å². The topological polar surface area (TPSA) is 146 Å². The van der Waals surface area contributed by atoms with Crippen molar-refractivity contribution in [2.75, 3.05) is 0 Å². The Morgan fingerprint density at radius 3 is 2.64 bits per heavy atom. The zero-order valence-electron chi connectivity index (χ0n) is 28.8. The summed E-state index contributed by atoms with van der Waals surface area (Å²) in [5, 5.41) is 11.7. The van der Waals surface area contributed by atoms with Crippen LogP contribution in [0.3, 0.4) is 0 Å². The van der Waals surface area contributed by atoms with Crippen molar-refractivity contribution in [2.24, 2.45) is 22.9 Å². The molecule has 3 aromatic carbocycles. The molecule has 3 heterocycles. The number of carboxylic acid groups (broad SMARTS) is 1. The second kappa shape index (κ2) is 13.6. The number of benzene rings is 3. The first kappa shape index (κ1) is 34.7. The molecule has 11 heteroatoms. The van der Waals surface area contributed by atoms with E-state index in [-0.39, 0.29) is 23.6 Å². The first-order chi connectivity index (χ1) is 23.7. The van der Waals surface area contributed by atoms with Crippen LogP contribution in [0, 0.1) is 23.0 Å². The van der Waals surface area contributed by atoms with Gasteiger partial charge in [-0.1, -0.05) is 57.9 Å². The summed E-state index contributed by atoms with van der Waals surface area (Å²) in [6.45, 7) is 8.06. The summed E-state index contributed by atoms with van der Waals surface area (Å²) in [7, 11) is 0. The van der Waals surface area contributed by atoms with E-state index in [2.05, 4.69) is 41.8 Å². The molecule has 1 aliphatic heterocycles. The predicted octanol–water partition coefficient (Wildman–Crippen LogP) is 8.27. The van der Waals surface area contributed by atoms with Gasteiger partial charge in [-0.2, -0.15) is 0 Å². The van der Waals surface area contributed by atoms with Crippen LogP contribution in [0.1, 0.15) is 75.8 Å². The average molecular weight is 683 g/mol. The summed E-state index contributed by atoms with van der Waals surface area (Å²) < 4.78 is 37.4. The largest absolute Gasteiger partial charge is 0.481 e. The quantitative estimate of drug-likeness (QED) is 0.120. The molecule has 1 aliphatic rings. The molecule has 2 unspecified atom stereocenters. The predicted molar refractivity (Wildman–Crippen MR) is 190 cm³/mol. The highest BCUT2D eigenvalue weighted by molar-refractivity contribution is 5.85. The van der Waals surface area contributed by atoms with Crippen molar-refractivity contribution in [1.82, 2.24) is 20.0 Å². The fourth-order valence-electron chi connectivity index (χ4n) is 6.78. The molecule has 262 valence electrons. The van der Waals surface area contributed by atoms with Crippen molar-refractivity contribution in [3.8, 4) is 22.9 Å². The molecule has 0 amide bonds. The zero-order valence-corrected chi connectivity index (χ0v) is 28.8. The number of allylic oxidation sites excluding steroid dienone is 1. The molecule has 0 aliphatic carbocycles. The minimum Gasteiger partial charge on any atom is -0.481 e. The number of hydrazine groups is 1. The van der Waals surface area contributed by atoms with Crippen LogP contribution in [0.15, 0.2) is 78.9 Å². The van der Waals surface area contributed by atoms with Crippen LogP contribution in [-0.2, 0) is 23.2 Å². The first-order valence-corrected chi connectivity index (χ1v) is 16.9. The van der Waals surface area contributed by atoms with Crippen molar-refractivity contribution in [3.63, 3.8) is 0 Å². The lowest BCUT2D eigenvalue weighted by Crippen LogP contribution is -2.30. The molecule has 0 fully saturated rings. The van der Waals surface area contributed by atoms with Gasteiger partial charge in [-0.25, -0.2) is 19.6 Å². The average Bonchev–Trinajstić information content (AvgIpc) is 3.76. The van der Waals surface area contributed by atoms with Crippen LogP contribution in [-0.4, -0.2) is 31.0 Å². The third-order valence-corrected chi connectivity index (χ3v) is 10.1. The minimum absolute atomic E-state index is 0.0286. The Morgan fingerprint density at radius 2 is 1.86 bits per heavy atom. The number of aromatic nitrogens is 3. The monoisotopic (exact) mass is 682 g/mol. The maximum absolute atomic E-state index is 15.7. The third-order valence-electron chi connectivity index (χ3n) is 10.1. The molecule has 2 aromatic heterocycles. The summed E-state index contributed by atoms with van der Waals surface area (Å²) in [4.78, 5) is 22.7. The number of halogens is 2. The van der Waals surface area contributed by atoms with Gasteiger partial charge in [0.2, 0.25) is 0 Å². The highest BCUT2D eigenvalue weighted by atomic mass is 19.1. The number of hydrogen-bond donors (Lipinski definition) is 5. The Kier molecular flexibility index (Phi) is 9.46. The van der Waals surface area contributed by atoms with E-state index in [1.165, 1.54) is 29.3 Å². The van der Waals surface area contributed by atoms with Gasteiger partial charge in [-0.05, 0) is 61.6 Å². The van der Waals surface area contributed by atoms with E-state index in [0.717, 1.165) is 47.9 Å². The lowest BCUT2D eigenvalue weighted by atomic mass is 9.74. The van der Waals surface area contributed by atoms with Crippen molar-refractivity contribution in [1.29, 1.82) is 0 Å². The molecule has 0 spiro atoms. The number of aliphatic carboxylic acids is 1. The number of hydrogen-bond acceptors (Lipinski definition) is 6. The zero-order chi connectivity index (χ0) is 35.8. The number of imidazole rings is 1. The van der Waals surface area contributed by atoms with E-state index in [1.807, 2.05) is 24.3 Å². The fraction of sp³-hybridized carbons (Fsp3) is 0.333. The molecule has 0 saturated carbocycles. The highest BCUT2D eigenvalue weighted by Crippen LogP contribution is 2.41. The minimum atomic E-state index is -0.849. The maximum Gasteiger partial charge on any atom is 0.306 e. The van der Waals surface area contributed by atoms with Crippen LogP contribution in [0.25, 0.3) is 22.3 Å². The summed E-state index contributed by atoms with van der Waals surface area (Å²) in [5.74, 6) is 4.48. The number of nitrogens with two attached hydrogens (primary N) is 2. The van der Waals surface area contributed by atoms with Gasteiger partial charge in [0.25, 0.3) is 0 Å². The Balaban J connectivity index is 1.46. The standard InChI is InChI=1S/C39H44F2N6O3/c1-23(37(48)49)16-24-8-7-9-25(17-24)39(4)14-6-5-13-38(2,3)33(42)22-47(43)21-29-27-12-15-44-32(27)19-31(41)35(29)50-26-10-11-30(40)28(18-26)36-45-20-34(39)46-36/h7-12,15,17-20,22-23,44H,5-6,13-14,16,21,42-43H2,1-4H3,(H,45,46)(H,48,49)/b33-22-. The summed E-state index contributed by atoms with van der Waals surface area (Å²) in [6, 6.07) is 15.4. The first-order valence-electron chi connectivity index (χ1n) is 16.9. The van der Waals surface area contributed by atoms with Gasteiger partial charge in [0.05, 0.1) is 18.0 Å². The SMILES string of the molecule is CC(Cc1cccc(C2(C)CCCCC(C)(C)/C(N)=C/N(N)Cc3c(c(F)cc4[nH]ccc34)Oc3ccc(F)c(c3)-c3ncc2[nH]3)c1)C(=O)O. The van der Waals surface area contributed by atoms with Crippen molar-refractivity contribution in [3.05, 3.63) is 113 Å². The molecule has 7 N–H and O–H groups in total. The van der Waals surface area contributed by atoms with Gasteiger partial charge in [0.15, 0.2) is 11.6 Å². The summed E-state index contributed by atoms with van der Waals surface area (Å²) in [6.07, 6.45) is 8.71. The molecule has 0 saturated heterocycles. The van der Waals surface area contributed by atoms with Gasteiger partial charge in [-0.3, -0.25) is 4.79 Å². The molecule has 6 rings (SSSR count). The number of carbonyl (C=O) groups is 1. The van der Waals surface area contributed by atoms with Gasteiger partial charge in [-0.15, -0.1) is 0 Å². The van der Waals surface area contributed by atoms with E-state index >= 15 is 8.78 Å². The fourth-order valence-corrected chi connectivity index (χ4v) is 6.78. The number of rotatable bonds is 4. The number of H-pyrrole nitrogens is 2. The Hall–Kier alpha value is -5.16. The lowest BCUT2D eigenvalue weighted by molar-refractivity contribution is -0.141. The van der Waals surface area contributed by atoms with Crippen LogP contribution >= 0.6 is 0 Å². The summed E-state index contributed by atoms with van der Waals surface area (Å²) >= 11 is 0. The maximum atomic E-state index is 15.7. The number of fused-ring (bicyclic) bond motifs is 8. The van der Waals surface area contributed by atoms with Crippen LogP contribution in [0.5, 0.6) is 11.5 Å². The normalized spacial score (nSPS) is 20.1. The Labute approximate surface area is 290 Å². The molecular formula is C39H44F2N6O3. The van der Waals surface area contributed by atoms with Gasteiger partial charge in [0, 0.05) is 63.3 Å². The number of ether oxygens (including phenoxy) is 1. The molecule has 4 bridgehead atoms. The van der Waals surface area contributed by atoms with E-state index in [1.54, 1.807) is 25.5 Å². The van der Waals surface area contributed by atoms with Crippen LogP contribution in [0.4, 0.5) is 8.78 Å². The van der Waals surface area contributed by atoms with Crippen molar-refractivity contribution in [2.45, 2.75) is 71.8 Å². The van der Waals surface area contributed by atoms with Gasteiger partial charge >= 0.3 is 5.97 Å². The molecule has 50 heavy (non-hydrogen) atoms. The summed E-state index contributed by atoms with van der Waals surface area (Å²) in [5.41, 5.74) is 10.2. The molecular weight excluding hydrogens is 638 g/mol. The molecule has 9 nitrogen and oxygen atoms in total. The second-order valence-corrected chi connectivity index (χ2v) is 14.3. The highest BCUT2D eigenvalue weighted by Gasteiger charge is 2.32. The Bertz CT molecular complexity index is 2070. The van der Waals surface area contributed by atoms with Crippen molar-refractivity contribution >= 4 is 16.9 Å². The lowest BCUT2D eigenvalue weighted by Gasteiger charge is -2.31. The van der Waals surface area contributed by atoms with E-state index in [9.17, 15) is 9.90 Å². The molecule has 0 radical (unpaired) electrons. The number of nitrogens with one attached hydrogen (secondary N) is 2. The van der Waals surface area contributed by atoms with Gasteiger partial charge in [0.1, 0.15) is 17.4 Å². The number of carboxylic acids is 1. The van der Waals surface area contributed by atoms with Crippen LogP contribution in [0.2, 0.25) is 0 Å². The smallest absolute Gasteiger partial charge is 0.306 e. The van der Waals surface area contributed by atoms with Crippen LogP contribution < -0.4 is 16.3 Å². The Morgan fingerprint density at radius 1 is 1.08 bits per heavy atom. The van der Waals surface area contributed by atoms with E-state index in [0.29, 0.717) is 29.0 Å². The number of nitrogens with zero attached hydrogens (tertiary/aromatic N) is 2. The van der Waals surface area contributed by atoms with E-state index < -0.39 is 34.4 Å².